The quantitative estimate of drug-likeness (QED) is 0.527. The van der Waals surface area contributed by atoms with Gasteiger partial charge >= 0.3 is 0 Å². The summed E-state index contributed by atoms with van der Waals surface area (Å²) in [4.78, 5) is 11.1. The number of β-amino-alcohol motifs (C(OH)–C–C–N with tert-alkyl or cyclic N) is 1. The second-order valence-electron chi connectivity index (χ2n) is 10.9. The summed E-state index contributed by atoms with van der Waals surface area (Å²) >= 11 is 0. The molecule has 2 aromatic carbocycles. The normalized spacial score (nSPS) is 23.9. The number of aromatic nitrogens is 3. The first kappa shape index (κ1) is 24.3. The van der Waals surface area contributed by atoms with Crippen molar-refractivity contribution < 1.29 is 13.9 Å². The number of hydrogen-bond donors (Lipinski definition) is 1. The molecule has 0 spiro atoms. The Morgan fingerprint density at radius 2 is 1.51 bits per heavy atom. The van der Waals surface area contributed by atoms with Gasteiger partial charge in [0.2, 0.25) is 0 Å². The Morgan fingerprint density at radius 1 is 0.838 bits per heavy atom. The van der Waals surface area contributed by atoms with Crippen molar-refractivity contribution in [2.45, 2.75) is 31.4 Å². The summed E-state index contributed by atoms with van der Waals surface area (Å²) in [5.41, 5.74) is 1.09. The van der Waals surface area contributed by atoms with Crippen LogP contribution in [0.25, 0.3) is 0 Å². The Kier molecular flexibility index (Phi) is 6.58. The first-order valence-corrected chi connectivity index (χ1v) is 13.3. The smallest absolute Gasteiger partial charge is 0.137 e. The number of aliphatic hydroxyl groups is 1. The standard InChI is InChI=1S/C28H34F2N6O/c29-23-4-9-26(27(30)12-23)28(37,18-36-20-31-19-32-36)17-33-13-21-15-35(16-22(21)14-33)25-7-5-24(6-8-25)34-10-2-1-3-11-34/h4-9,12,19-22,37H,1-3,10-11,13-18H2. The van der Waals surface area contributed by atoms with Crippen molar-refractivity contribution in [2.75, 3.05) is 55.6 Å². The van der Waals surface area contributed by atoms with Crippen molar-refractivity contribution in [3.05, 3.63) is 72.3 Å². The molecule has 3 fully saturated rings. The number of rotatable bonds is 7. The Labute approximate surface area is 216 Å². The zero-order valence-electron chi connectivity index (χ0n) is 21.0. The van der Waals surface area contributed by atoms with E-state index in [9.17, 15) is 13.9 Å². The summed E-state index contributed by atoms with van der Waals surface area (Å²) < 4.78 is 29.9. The number of anilines is 2. The molecule has 3 aliphatic heterocycles. The minimum atomic E-state index is -1.56. The minimum absolute atomic E-state index is 0.0386. The van der Waals surface area contributed by atoms with Crippen molar-refractivity contribution in [3.63, 3.8) is 0 Å². The lowest BCUT2D eigenvalue weighted by Crippen LogP contribution is -2.45. The lowest BCUT2D eigenvalue weighted by Gasteiger charge is -2.34. The van der Waals surface area contributed by atoms with Crippen LogP contribution in [0.1, 0.15) is 24.8 Å². The molecule has 3 aromatic rings. The summed E-state index contributed by atoms with van der Waals surface area (Å²) in [6.07, 6.45) is 6.76. The lowest BCUT2D eigenvalue weighted by molar-refractivity contribution is -0.0178. The fraction of sp³-hybridized carbons (Fsp3) is 0.500. The predicted molar refractivity (Wildman–Crippen MR) is 138 cm³/mol. The number of nitrogens with zero attached hydrogens (tertiary/aromatic N) is 6. The van der Waals surface area contributed by atoms with E-state index in [1.54, 1.807) is 0 Å². The molecule has 3 saturated heterocycles. The molecule has 9 heteroatoms. The highest BCUT2D eigenvalue weighted by Gasteiger charge is 2.44. The van der Waals surface area contributed by atoms with Gasteiger partial charge in [-0.3, -0.25) is 4.90 Å². The van der Waals surface area contributed by atoms with Crippen LogP contribution in [0.4, 0.5) is 20.2 Å². The molecule has 196 valence electrons. The van der Waals surface area contributed by atoms with E-state index in [0.717, 1.165) is 45.3 Å². The summed E-state index contributed by atoms with van der Waals surface area (Å²) in [6, 6.07) is 12.4. The largest absolute Gasteiger partial charge is 0.382 e. The SMILES string of the molecule is OC(CN1CC2CN(c3ccc(N4CCCCC4)cc3)CC2C1)(Cn1cncn1)c1ccc(F)cc1F. The van der Waals surface area contributed by atoms with Gasteiger partial charge in [0.25, 0.3) is 0 Å². The van der Waals surface area contributed by atoms with Gasteiger partial charge < -0.3 is 14.9 Å². The predicted octanol–water partition coefficient (Wildman–Crippen LogP) is 3.50. The first-order valence-electron chi connectivity index (χ1n) is 13.3. The Bertz CT molecular complexity index is 1190. The first-order chi connectivity index (χ1) is 18.0. The van der Waals surface area contributed by atoms with Gasteiger partial charge in [0, 0.05) is 68.8 Å². The van der Waals surface area contributed by atoms with Gasteiger partial charge in [-0.1, -0.05) is 6.07 Å². The third-order valence-corrected chi connectivity index (χ3v) is 8.31. The molecule has 0 saturated carbocycles. The molecule has 0 aliphatic carbocycles. The Morgan fingerprint density at radius 3 is 2.14 bits per heavy atom. The number of fused-ring (bicyclic) bond motifs is 1. The zero-order valence-corrected chi connectivity index (χ0v) is 21.0. The number of benzene rings is 2. The van der Waals surface area contributed by atoms with Crippen LogP contribution in [0.5, 0.6) is 0 Å². The van der Waals surface area contributed by atoms with E-state index >= 15 is 0 Å². The van der Waals surface area contributed by atoms with Crippen molar-refractivity contribution in [1.29, 1.82) is 0 Å². The van der Waals surface area contributed by atoms with E-state index in [1.807, 2.05) is 0 Å². The molecular weight excluding hydrogens is 474 g/mol. The zero-order chi connectivity index (χ0) is 25.4. The molecule has 1 aromatic heterocycles. The van der Waals surface area contributed by atoms with Gasteiger partial charge in [0.15, 0.2) is 0 Å². The van der Waals surface area contributed by atoms with Gasteiger partial charge in [-0.2, -0.15) is 5.10 Å². The summed E-state index contributed by atoms with van der Waals surface area (Å²) in [7, 11) is 0. The molecule has 0 bridgehead atoms. The molecule has 3 aliphatic rings. The van der Waals surface area contributed by atoms with Gasteiger partial charge in [-0.15, -0.1) is 0 Å². The topological polar surface area (TPSA) is 60.7 Å². The van der Waals surface area contributed by atoms with Crippen molar-refractivity contribution in [3.8, 4) is 0 Å². The van der Waals surface area contributed by atoms with E-state index in [-0.39, 0.29) is 18.7 Å². The van der Waals surface area contributed by atoms with Crippen LogP contribution in [-0.4, -0.2) is 70.6 Å². The highest BCUT2D eigenvalue weighted by molar-refractivity contribution is 5.57. The molecule has 3 atom stereocenters. The highest BCUT2D eigenvalue weighted by atomic mass is 19.1. The summed E-state index contributed by atoms with van der Waals surface area (Å²) in [5.74, 6) is -0.448. The average molecular weight is 509 g/mol. The minimum Gasteiger partial charge on any atom is -0.382 e. The number of halogens is 2. The maximum Gasteiger partial charge on any atom is 0.137 e. The van der Waals surface area contributed by atoms with E-state index in [0.29, 0.717) is 11.8 Å². The van der Waals surface area contributed by atoms with Crippen molar-refractivity contribution in [1.82, 2.24) is 19.7 Å². The van der Waals surface area contributed by atoms with E-state index < -0.39 is 17.2 Å². The summed E-state index contributed by atoms with van der Waals surface area (Å²) in [6.45, 7) is 6.17. The van der Waals surface area contributed by atoms with Crippen LogP contribution in [-0.2, 0) is 12.1 Å². The van der Waals surface area contributed by atoms with Gasteiger partial charge in [-0.25, -0.2) is 18.4 Å². The molecule has 0 amide bonds. The number of likely N-dealkylation sites (tertiary alicyclic amines) is 1. The van der Waals surface area contributed by atoms with E-state index in [2.05, 4.69) is 49.0 Å². The molecule has 3 unspecified atom stereocenters. The maximum absolute atomic E-state index is 14.8. The van der Waals surface area contributed by atoms with Gasteiger partial charge in [-0.05, 0) is 61.4 Å². The van der Waals surface area contributed by atoms with Crippen LogP contribution < -0.4 is 9.80 Å². The highest BCUT2D eigenvalue weighted by Crippen LogP contribution is 2.37. The molecule has 7 nitrogen and oxygen atoms in total. The van der Waals surface area contributed by atoms with Crippen LogP contribution in [0.3, 0.4) is 0 Å². The number of piperidine rings is 1. The Hall–Kier alpha value is -3.04. The van der Waals surface area contributed by atoms with Gasteiger partial charge in [0.05, 0.1) is 6.54 Å². The molecule has 0 radical (unpaired) electrons. The van der Waals surface area contributed by atoms with Crippen LogP contribution in [0, 0.1) is 23.5 Å². The fourth-order valence-electron chi connectivity index (χ4n) is 6.50. The molecule has 37 heavy (non-hydrogen) atoms. The van der Waals surface area contributed by atoms with Crippen molar-refractivity contribution >= 4 is 11.4 Å². The lowest BCUT2D eigenvalue weighted by atomic mass is 9.92. The maximum atomic E-state index is 14.8. The van der Waals surface area contributed by atoms with Crippen LogP contribution in [0.2, 0.25) is 0 Å². The molecule has 4 heterocycles. The number of hydrogen-bond acceptors (Lipinski definition) is 6. The third kappa shape index (κ3) is 5.07. The summed E-state index contributed by atoms with van der Waals surface area (Å²) in [5, 5.41) is 15.8. The molecule has 6 rings (SSSR count). The molecular formula is C28H34F2N6O. The van der Waals surface area contributed by atoms with E-state index in [1.165, 1.54) is 60.1 Å². The van der Waals surface area contributed by atoms with Crippen molar-refractivity contribution in [2.24, 2.45) is 11.8 Å². The third-order valence-electron chi connectivity index (χ3n) is 8.31. The fourth-order valence-corrected chi connectivity index (χ4v) is 6.50. The second-order valence-corrected chi connectivity index (χ2v) is 10.9. The molecule has 1 N–H and O–H groups in total. The second kappa shape index (κ2) is 10.0. The monoisotopic (exact) mass is 508 g/mol. The van der Waals surface area contributed by atoms with Gasteiger partial charge in [0.1, 0.15) is 29.9 Å². The van der Waals surface area contributed by atoms with Crippen LogP contribution >= 0.6 is 0 Å². The Balaban J connectivity index is 1.12. The van der Waals surface area contributed by atoms with E-state index in [4.69, 9.17) is 0 Å². The average Bonchev–Trinajstić information content (AvgIpc) is 3.62. The van der Waals surface area contributed by atoms with Crippen LogP contribution in [0.15, 0.2) is 55.1 Å².